The molecule has 1 saturated carbocycles. The second-order valence-electron chi connectivity index (χ2n) is 6.38. The van der Waals surface area contributed by atoms with Gasteiger partial charge in [-0.05, 0) is 48.9 Å². The molecule has 0 radical (unpaired) electrons. The lowest BCUT2D eigenvalue weighted by Gasteiger charge is -2.45. The first-order valence-corrected chi connectivity index (χ1v) is 9.76. The van der Waals surface area contributed by atoms with E-state index in [-0.39, 0.29) is 17.3 Å². The molecule has 126 valence electrons. The van der Waals surface area contributed by atoms with Gasteiger partial charge >= 0.3 is 5.97 Å². The van der Waals surface area contributed by atoms with E-state index < -0.39 is 0 Å². The van der Waals surface area contributed by atoms with Gasteiger partial charge in [0.25, 0.3) is 0 Å². The molecule has 0 aliphatic heterocycles. The summed E-state index contributed by atoms with van der Waals surface area (Å²) in [5.74, 6) is 0.345. The number of hydrogen-bond donors (Lipinski definition) is 1. The highest BCUT2D eigenvalue weighted by molar-refractivity contribution is 8.00. The van der Waals surface area contributed by atoms with Crippen molar-refractivity contribution in [3.05, 3.63) is 53.3 Å². The van der Waals surface area contributed by atoms with Crippen molar-refractivity contribution in [2.75, 3.05) is 6.61 Å². The van der Waals surface area contributed by atoms with Gasteiger partial charge in [-0.2, -0.15) is 0 Å². The largest absolute Gasteiger partial charge is 0.461 e. The molecule has 2 bridgehead atoms. The van der Waals surface area contributed by atoms with E-state index in [4.69, 9.17) is 16.3 Å². The molecule has 0 unspecified atom stereocenters. The molecule has 1 aromatic heterocycles. The average Bonchev–Trinajstić information content (AvgIpc) is 3.05. The lowest BCUT2D eigenvalue weighted by atomic mass is 9.67. The van der Waals surface area contributed by atoms with Crippen LogP contribution in [-0.4, -0.2) is 28.2 Å². The summed E-state index contributed by atoms with van der Waals surface area (Å²) in [6.07, 6.45) is 4.17. The molecule has 2 aromatic rings. The Morgan fingerprint density at radius 3 is 2.79 bits per heavy atom. The first kappa shape index (κ1) is 16.1. The van der Waals surface area contributed by atoms with Crippen LogP contribution < -0.4 is 0 Å². The molecule has 0 saturated heterocycles. The fourth-order valence-corrected chi connectivity index (χ4v) is 6.08. The van der Waals surface area contributed by atoms with Crippen LogP contribution in [0.5, 0.6) is 0 Å². The number of carbonyl (C=O) groups is 1. The summed E-state index contributed by atoms with van der Waals surface area (Å²) in [5.41, 5.74) is 2.98. The van der Waals surface area contributed by atoms with E-state index in [1.807, 2.05) is 30.9 Å². The molecule has 1 heterocycles. The minimum atomic E-state index is -0.262. The standard InChI is InChI=1S/C19H20ClNO2S/c1-2-23-19(22)17-15-13-9-8-12(14(15)10-21-17)18(16(13)20)24-11-6-4-3-5-7-11/h3-7,10,12-13,16,18,21H,2,8-9H2,1H3/t12-,13+,16+,18+/m1/s1. The summed E-state index contributed by atoms with van der Waals surface area (Å²) >= 11 is 8.75. The number of fused-ring (bicyclic) bond motifs is 2. The van der Waals surface area contributed by atoms with Crippen molar-refractivity contribution in [2.24, 2.45) is 0 Å². The number of aromatic amines is 1. The molecule has 0 spiro atoms. The zero-order valence-corrected chi connectivity index (χ0v) is 15.1. The molecule has 5 rings (SSSR count). The van der Waals surface area contributed by atoms with E-state index in [0.29, 0.717) is 23.5 Å². The molecule has 0 amide bonds. The zero-order valence-electron chi connectivity index (χ0n) is 13.5. The maximum atomic E-state index is 12.2. The van der Waals surface area contributed by atoms with E-state index in [0.717, 1.165) is 18.4 Å². The minimum Gasteiger partial charge on any atom is -0.461 e. The number of rotatable bonds is 4. The van der Waals surface area contributed by atoms with Crippen LogP contribution in [0.3, 0.4) is 0 Å². The quantitative estimate of drug-likeness (QED) is 0.619. The molecule has 1 fully saturated rings. The number of ether oxygens (including phenoxy) is 1. The Kier molecular flexibility index (Phi) is 4.35. The Labute approximate surface area is 151 Å². The Morgan fingerprint density at radius 2 is 2.04 bits per heavy atom. The second kappa shape index (κ2) is 6.49. The van der Waals surface area contributed by atoms with Crippen LogP contribution in [0.15, 0.2) is 41.4 Å². The Bertz CT molecular complexity index is 745. The normalized spacial score (nSPS) is 27.8. The fourth-order valence-electron chi connectivity index (χ4n) is 4.10. The topological polar surface area (TPSA) is 42.1 Å². The van der Waals surface area contributed by atoms with E-state index in [1.54, 1.807) is 0 Å². The number of alkyl halides is 1. The highest BCUT2D eigenvalue weighted by Gasteiger charge is 2.49. The van der Waals surface area contributed by atoms with Crippen LogP contribution in [0.1, 0.15) is 53.2 Å². The van der Waals surface area contributed by atoms with Crippen molar-refractivity contribution >= 4 is 29.3 Å². The van der Waals surface area contributed by atoms with Crippen molar-refractivity contribution < 1.29 is 9.53 Å². The maximum Gasteiger partial charge on any atom is 0.355 e. The molecule has 1 N–H and O–H groups in total. The predicted octanol–water partition coefficient (Wildman–Crippen LogP) is 4.93. The highest BCUT2D eigenvalue weighted by Crippen LogP contribution is 2.57. The average molecular weight is 362 g/mol. The van der Waals surface area contributed by atoms with E-state index in [1.165, 1.54) is 10.5 Å². The van der Waals surface area contributed by atoms with Crippen molar-refractivity contribution in [1.29, 1.82) is 0 Å². The van der Waals surface area contributed by atoms with Crippen LogP contribution in [-0.2, 0) is 4.74 Å². The van der Waals surface area contributed by atoms with E-state index >= 15 is 0 Å². The van der Waals surface area contributed by atoms with Gasteiger partial charge in [0.05, 0.1) is 12.0 Å². The summed E-state index contributed by atoms with van der Waals surface area (Å²) in [6.45, 7) is 2.22. The minimum absolute atomic E-state index is 0.0328. The number of benzene rings is 1. The number of hydrogen-bond acceptors (Lipinski definition) is 3. The van der Waals surface area contributed by atoms with Gasteiger partial charge in [-0.15, -0.1) is 23.4 Å². The first-order valence-electron chi connectivity index (χ1n) is 8.44. The molecule has 24 heavy (non-hydrogen) atoms. The lowest BCUT2D eigenvalue weighted by Crippen LogP contribution is -2.41. The third-order valence-electron chi connectivity index (χ3n) is 5.10. The number of aromatic nitrogens is 1. The summed E-state index contributed by atoms with van der Waals surface area (Å²) in [7, 11) is 0. The maximum absolute atomic E-state index is 12.2. The number of esters is 1. The lowest BCUT2D eigenvalue weighted by molar-refractivity contribution is 0.0517. The summed E-state index contributed by atoms with van der Waals surface area (Å²) < 4.78 is 5.20. The van der Waals surface area contributed by atoms with Gasteiger partial charge in [0, 0.05) is 22.3 Å². The Morgan fingerprint density at radius 1 is 1.29 bits per heavy atom. The molecule has 3 nitrogen and oxygen atoms in total. The summed E-state index contributed by atoms with van der Waals surface area (Å²) in [4.78, 5) is 16.6. The van der Waals surface area contributed by atoms with Crippen LogP contribution in [0.25, 0.3) is 0 Å². The van der Waals surface area contributed by atoms with Crippen molar-refractivity contribution in [1.82, 2.24) is 4.98 Å². The zero-order chi connectivity index (χ0) is 16.7. The number of H-pyrrole nitrogens is 1. The van der Waals surface area contributed by atoms with Crippen LogP contribution in [0, 0.1) is 0 Å². The van der Waals surface area contributed by atoms with Gasteiger partial charge in [-0.3, -0.25) is 0 Å². The second-order valence-corrected chi connectivity index (χ2v) is 8.14. The van der Waals surface area contributed by atoms with Crippen molar-refractivity contribution in [3.63, 3.8) is 0 Å². The number of nitrogens with one attached hydrogen (secondary N) is 1. The van der Waals surface area contributed by atoms with Crippen LogP contribution in [0.4, 0.5) is 0 Å². The number of carbonyl (C=O) groups excluding carboxylic acids is 1. The highest BCUT2D eigenvalue weighted by atomic mass is 35.5. The number of thioether (sulfide) groups is 1. The molecular weight excluding hydrogens is 342 g/mol. The van der Waals surface area contributed by atoms with Gasteiger partial charge in [-0.1, -0.05) is 18.2 Å². The van der Waals surface area contributed by atoms with Crippen LogP contribution in [0.2, 0.25) is 0 Å². The predicted molar refractivity (Wildman–Crippen MR) is 97.2 cm³/mol. The SMILES string of the molecule is CCOC(=O)c1[nH]cc2c1[C@@H]1CC[C@H]2[C@H](Sc2ccccc2)[C@H]1Cl. The molecule has 4 atom stereocenters. The smallest absolute Gasteiger partial charge is 0.355 e. The first-order chi connectivity index (χ1) is 11.7. The molecule has 3 aliphatic rings. The van der Waals surface area contributed by atoms with Crippen molar-refractivity contribution in [2.45, 2.75) is 47.1 Å². The van der Waals surface area contributed by atoms with Gasteiger partial charge in [-0.25, -0.2) is 4.79 Å². The summed E-state index contributed by atoms with van der Waals surface area (Å²) in [5, 5.41) is 0.372. The Balaban J connectivity index is 1.67. The molecule has 5 heteroatoms. The van der Waals surface area contributed by atoms with Gasteiger partial charge in [0.1, 0.15) is 5.69 Å². The van der Waals surface area contributed by atoms with Gasteiger partial charge in [0.15, 0.2) is 0 Å². The summed E-state index contributed by atoms with van der Waals surface area (Å²) in [6, 6.07) is 10.4. The van der Waals surface area contributed by atoms with Gasteiger partial charge < -0.3 is 9.72 Å². The van der Waals surface area contributed by atoms with Crippen molar-refractivity contribution in [3.8, 4) is 0 Å². The monoisotopic (exact) mass is 361 g/mol. The van der Waals surface area contributed by atoms with E-state index in [9.17, 15) is 4.79 Å². The molecule has 3 aliphatic carbocycles. The number of halogens is 1. The van der Waals surface area contributed by atoms with Gasteiger partial charge in [0.2, 0.25) is 0 Å². The van der Waals surface area contributed by atoms with E-state index in [2.05, 4.69) is 29.2 Å². The Hall–Kier alpha value is -1.39. The third-order valence-corrected chi connectivity index (χ3v) is 7.26. The molecule has 1 aromatic carbocycles. The third kappa shape index (κ3) is 2.56. The van der Waals surface area contributed by atoms with Crippen LogP contribution >= 0.6 is 23.4 Å². The molecular formula is C19H20ClNO2S. The fraction of sp³-hybridized carbons (Fsp3) is 0.421.